The zero-order valence-electron chi connectivity index (χ0n) is 11.5. The van der Waals surface area contributed by atoms with E-state index in [4.69, 9.17) is 10.5 Å². The van der Waals surface area contributed by atoms with Gasteiger partial charge in [-0.1, -0.05) is 0 Å². The van der Waals surface area contributed by atoms with Crippen LogP contribution in [0.2, 0.25) is 0 Å². The fraction of sp³-hybridized carbons (Fsp3) is 0.500. The van der Waals surface area contributed by atoms with Crippen LogP contribution in [0.4, 0.5) is 10.1 Å². The van der Waals surface area contributed by atoms with Crippen molar-refractivity contribution in [1.29, 1.82) is 0 Å². The van der Waals surface area contributed by atoms with Gasteiger partial charge < -0.3 is 10.5 Å². The standard InChI is InChI=1S/C12H19FN2O3S/c1-8-5-9(14)6-10(11(8)13)19(16,17)15-12(2,3)7-18-4/h5-6,15H,7,14H2,1-4H3. The summed E-state index contributed by atoms with van der Waals surface area (Å²) >= 11 is 0. The number of benzene rings is 1. The van der Waals surface area contributed by atoms with Crippen molar-refractivity contribution in [2.75, 3.05) is 19.5 Å². The van der Waals surface area contributed by atoms with Gasteiger partial charge in [-0.25, -0.2) is 17.5 Å². The number of ether oxygens (including phenoxy) is 1. The molecule has 0 spiro atoms. The summed E-state index contributed by atoms with van der Waals surface area (Å²) in [6, 6.07) is 2.49. The van der Waals surface area contributed by atoms with Gasteiger partial charge in [0.15, 0.2) is 0 Å². The largest absolute Gasteiger partial charge is 0.399 e. The van der Waals surface area contributed by atoms with Crippen LogP contribution in [0, 0.1) is 12.7 Å². The molecule has 0 saturated carbocycles. The molecule has 0 unspecified atom stereocenters. The minimum absolute atomic E-state index is 0.162. The van der Waals surface area contributed by atoms with E-state index in [1.54, 1.807) is 13.8 Å². The lowest BCUT2D eigenvalue weighted by Crippen LogP contribution is -2.46. The molecule has 0 amide bonds. The van der Waals surface area contributed by atoms with Gasteiger partial charge >= 0.3 is 0 Å². The van der Waals surface area contributed by atoms with Gasteiger partial charge in [-0.2, -0.15) is 0 Å². The number of nitrogen functional groups attached to an aromatic ring is 1. The number of aryl methyl sites for hydroxylation is 1. The Bertz CT molecular complexity index is 571. The van der Waals surface area contributed by atoms with Gasteiger partial charge in [-0.15, -0.1) is 0 Å². The van der Waals surface area contributed by atoms with E-state index in [0.717, 1.165) is 6.07 Å². The van der Waals surface area contributed by atoms with E-state index in [-0.39, 0.29) is 17.9 Å². The lowest BCUT2D eigenvalue weighted by atomic mass is 10.1. The molecule has 1 aromatic carbocycles. The summed E-state index contributed by atoms with van der Waals surface area (Å²) in [5.41, 5.74) is 5.10. The summed E-state index contributed by atoms with van der Waals surface area (Å²) in [6.07, 6.45) is 0. The predicted molar refractivity (Wildman–Crippen MR) is 71.8 cm³/mol. The highest BCUT2D eigenvalue weighted by atomic mass is 32.2. The summed E-state index contributed by atoms with van der Waals surface area (Å²) in [6.45, 7) is 4.91. The fourth-order valence-electron chi connectivity index (χ4n) is 1.77. The van der Waals surface area contributed by atoms with Crippen LogP contribution in [-0.4, -0.2) is 27.7 Å². The highest BCUT2D eigenvalue weighted by Gasteiger charge is 2.29. The molecule has 1 aromatic rings. The van der Waals surface area contributed by atoms with E-state index in [1.807, 2.05) is 0 Å². The van der Waals surface area contributed by atoms with Crippen molar-refractivity contribution in [3.8, 4) is 0 Å². The third kappa shape index (κ3) is 3.89. The smallest absolute Gasteiger partial charge is 0.244 e. The first-order valence-electron chi connectivity index (χ1n) is 5.67. The summed E-state index contributed by atoms with van der Waals surface area (Å²) in [5, 5.41) is 0. The maximum Gasteiger partial charge on any atom is 0.244 e. The average Bonchev–Trinajstić information content (AvgIpc) is 2.21. The Labute approximate surface area is 113 Å². The van der Waals surface area contributed by atoms with Crippen molar-refractivity contribution in [1.82, 2.24) is 4.72 Å². The minimum Gasteiger partial charge on any atom is -0.399 e. The van der Waals surface area contributed by atoms with Crippen LogP contribution in [0.1, 0.15) is 19.4 Å². The average molecular weight is 290 g/mol. The Balaban J connectivity index is 3.22. The Morgan fingerprint density at radius 2 is 2.00 bits per heavy atom. The van der Waals surface area contributed by atoms with E-state index >= 15 is 0 Å². The van der Waals surface area contributed by atoms with Crippen LogP contribution in [0.15, 0.2) is 17.0 Å². The van der Waals surface area contributed by atoms with Crippen molar-refractivity contribution in [3.63, 3.8) is 0 Å². The van der Waals surface area contributed by atoms with Gasteiger partial charge in [-0.05, 0) is 38.5 Å². The highest BCUT2D eigenvalue weighted by molar-refractivity contribution is 7.89. The van der Waals surface area contributed by atoms with Crippen molar-refractivity contribution < 1.29 is 17.5 Å². The monoisotopic (exact) mass is 290 g/mol. The molecule has 3 N–H and O–H groups in total. The zero-order valence-corrected chi connectivity index (χ0v) is 12.3. The van der Waals surface area contributed by atoms with Crippen LogP contribution < -0.4 is 10.5 Å². The van der Waals surface area contributed by atoms with Crippen LogP contribution in [0.5, 0.6) is 0 Å². The molecule has 7 heteroatoms. The topological polar surface area (TPSA) is 81.4 Å². The number of hydrogen-bond donors (Lipinski definition) is 2. The van der Waals surface area contributed by atoms with Gasteiger partial charge in [0, 0.05) is 12.8 Å². The quantitative estimate of drug-likeness (QED) is 0.804. The maximum absolute atomic E-state index is 13.9. The highest BCUT2D eigenvalue weighted by Crippen LogP contribution is 2.22. The predicted octanol–water partition coefficient (Wildman–Crippen LogP) is 1.42. The lowest BCUT2D eigenvalue weighted by molar-refractivity contribution is 0.141. The second kappa shape index (κ2) is 5.44. The van der Waals surface area contributed by atoms with Crippen molar-refractivity contribution in [2.45, 2.75) is 31.2 Å². The summed E-state index contributed by atoms with van der Waals surface area (Å²) in [7, 11) is -2.54. The van der Waals surface area contributed by atoms with Crippen LogP contribution in [0.3, 0.4) is 0 Å². The molecule has 0 aliphatic rings. The molecular formula is C12H19FN2O3S. The number of nitrogens with two attached hydrogens (primary N) is 1. The third-order valence-corrected chi connectivity index (χ3v) is 4.15. The minimum atomic E-state index is -4.00. The van der Waals surface area contributed by atoms with Gasteiger partial charge in [0.1, 0.15) is 10.7 Å². The van der Waals surface area contributed by atoms with Gasteiger partial charge in [0.2, 0.25) is 10.0 Å². The molecule has 108 valence electrons. The second-order valence-corrected chi connectivity index (χ2v) is 6.72. The SMILES string of the molecule is COCC(C)(C)NS(=O)(=O)c1cc(N)cc(C)c1F. The maximum atomic E-state index is 13.9. The molecule has 0 aliphatic heterocycles. The van der Waals surface area contributed by atoms with Crippen LogP contribution in [-0.2, 0) is 14.8 Å². The van der Waals surface area contributed by atoms with E-state index in [0.29, 0.717) is 0 Å². The molecule has 0 heterocycles. The lowest BCUT2D eigenvalue weighted by Gasteiger charge is -2.25. The summed E-state index contributed by atoms with van der Waals surface area (Å²) < 4.78 is 45.6. The van der Waals surface area contributed by atoms with Gasteiger partial charge in [-0.3, -0.25) is 0 Å². The number of nitrogens with one attached hydrogen (secondary N) is 1. The number of methoxy groups -OCH3 is 1. The number of anilines is 1. The number of halogens is 1. The molecular weight excluding hydrogens is 271 g/mol. The summed E-state index contributed by atoms with van der Waals surface area (Å²) in [4.78, 5) is -0.450. The molecule has 0 bridgehead atoms. The third-order valence-electron chi connectivity index (χ3n) is 2.45. The molecule has 0 fully saturated rings. The number of rotatable bonds is 5. The Kier molecular flexibility index (Phi) is 4.54. The molecule has 0 saturated heterocycles. The van der Waals surface area contributed by atoms with Crippen molar-refractivity contribution in [2.24, 2.45) is 0 Å². The van der Waals surface area contributed by atoms with E-state index < -0.39 is 26.3 Å². The van der Waals surface area contributed by atoms with Gasteiger partial charge in [0.05, 0.1) is 12.1 Å². The van der Waals surface area contributed by atoms with Crippen molar-refractivity contribution >= 4 is 15.7 Å². The van der Waals surface area contributed by atoms with Gasteiger partial charge in [0.25, 0.3) is 0 Å². The van der Waals surface area contributed by atoms with Crippen LogP contribution >= 0.6 is 0 Å². The van der Waals surface area contributed by atoms with E-state index in [9.17, 15) is 12.8 Å². The Morgan fingerprint density at radius 1 is 1.42 bits per heavy atom. The number of sulfonamides is 1. The molecule has 5 nitrogen and oxygen atoms in total. The summed E-state index contributed by atoms with van der Waals surface area (Å²) in [5.74, 6) is -0.796. The van der Waals surface area contributed by atoms with Crippen LogP contribution in [0.25, 0.3) is 0 Å². The normalized spacial score (nSPS) is 12.7. The molecule has 1 rings (SSSR count). The molecule has 0 aromatic heterocycles. The fourth-order valence-corrected chi connectivity index (χ4v) is 3.35. The Hall–Kier alpha value is -1.18. The van der Waals surface area contributed by atoms with E-state index in [2.05, 4.69) is 4.72 Å². The Morgan fingerprint density at radius 3 is 2.53 bits per heavy atom. The molecule has 0 atom stereocenters. The number of hydrogen-bond acceptors (Lipinski definition) is 4. The first-order chi connectivity index (χ1) is 8.59. The molecule has 0 radical (unpaired) electrons. The van der Waals surface area contributed by atoms with E-state index in [1.165, 1.54) is 20.1 Å². The molecule has 0 aliphatic carbocycles. The first kappa shape index (κ1) is 15.9. The van der Waals surface area contributed by atoms with Crippen molar-refractivity contribution in [3.05, 3.63) is 23.5 Å². The first-order valence-corrected chi connectivity index (χ1v) is 7.16. The second-order valence-electron chi connectivity index (χ2n) is 5.07. The zero-order chi connectivity index (χ0) is 14.8. The molecule has 19 heavy (non-hydrogen) atoms.